The predicted molar refractivity (Wildman–Crippen MR) is 97.1 cm³/mol. The van der Waals surface area contributed by atoms with Gasteiger partial charge in [0.05, 0.1) is 14.2 Å². The van der Waals surface area contributed by atoms with Crippen LogP contribution < -0.4 is 9.64 Å². The average Bonchev–Trinajstić information content (AvgIpc) is 3.05. The van der Waals surface area contributed by atoms with E-state index < -0.39 is 12.0 Å². The Morgan fingerprint density at radius 2 is 1.96 bits per heavy atom. The molecule has 1 aliphatic rings. The molecule has 0 aromatic heterocycles. The molecule has 0 unspecified atom stereocenters. The quantitative estimate of drug-likeness (QED) is 0.675. The largest absolute Gasteiger partial charge is 0.504 e. The number of hydrogen-bond donors (Lipinski definition) is 1. The van der Waals surface area contributed by atoms with Gasteiger partial charge in [0.1, 0.15) is 6.04 Å². The number of hydrogen-bond acceptors (Lipinski definition) is 5. The lowest BCUT2D eigenvalue weighted by Crippen LogP contribution is -2.42. The number of phenolic OH excluding ortho intramolecular Hbond substituents is 1. The van der Waals surface area contributed by atoms with Crippen LogP contribution in [0.4, 0.5) is 5.69 Å². The monoisotopic (exact) mass is 353 g/mol. The summed E-state index contributed by atoms with van der Waals surface area (Å²) in [6.07, 6.45) is 3.38. The van der Waals surface area contributed by atoms with E-state index in [1.807, 2.05) is 24.3 Å². The molecule has 1 aliphatic heterocycles. The van der Waals surface area contributed by atoms with E-state index in [2.05, 4.69) is 0 Å². The third kappa shape index (κ3) is 3.26. The maximum Gasteiger partial charge on any atom is 0.329 e. The lowest BCUT2D eigenvalue weighted by molar-refractivity contribution is -0.143. The normalized spacial score (nSPS) is 15.8. The SMILES string of the molecule is COC(=O)[C@H]1Cc2ccccc2N1C(=O)/C=C/c1ccc(OC)c(O)c1. The molecule has 0 bridgehead atoms. The summed E-state index contributed by atoms with van der Waals surface area (Å²) < 4.78 is 9.84. The van der Waals surface area contributed by atoms with Crippen molar-refractivity contribution in [3.63, 3.8) is 0 Å². The Kier molecular flexibility index (Phi) is 4.93. The van der Waals surface area contributed by atoms with E-state index in [9.17, 15) is 14.7 Å². The van der Waals surface area contributed by atoms with E-state index in [1.54, 1.807) is 18.2 Å². The minimum atomic E-state index is -0.682. The van der Waals surface area contributed by atoms with Crippen LogP contribution >= 0.6 is 0 Å². The highest BCUT2D eigenvalue weighted by Gasteiger charge is 2.38. The van der Waals surface area contributed by atoms with Crippen LogP contribution in [-0.2, 0) is 20.7 Å². The number of para-hydroxylation sites is 1. The Labute approximate surface area is 151 Å². The molecule has 2 aromatic carbocycles. The van der Waals surface area contributed by atoms with E-state index in [4.69, 9.17) is 9.47 Å². The van der Waals surface area contributed by atoms with Crippen LogP contribution in [0.25, 0.3) is 6.08 Å². The van der Waals surface area contributed by atoms with Crippen molar-refractivity contribution < 1.29 is 24.2 Å². The fraction of sp³-hybridized carbons (Fsp3) is 0.200. The second kappa shape index (κ2) is 7.31. The van der Waals surface area contributed by atoms with Crippen molar-refractivity contribution >= 4 is 23.6 Å². The van der Waals surface area contributed by atoms with Gasteiger partial charge in [-0.2, -0.15) is 0 Å². The maximum absolute atomic E-state index is 12.8. The highest BCUT2D eigenvalue weighted by molar-refractivity contribution is 6.09. The van der Waals surface area contributed by atoms with Crippen molar-refractivity contribution in [3.8, 4) is 11.5 Å². The number of esters is 1. The number of phenols is 1. The second-order valence-corrected chi connectivity index (χ2v) is 5.84. The van der Waals surface area contributed by atoms with Crippen LogP contribution in [0.1, 0.15) is 11.1 Å². The zero-order valence-electron chi connectivity index (χ0n) is 14.5. The molecule has 0 saturated heterocycles. The number of aromatic hydroxyl groups is 1. The molecule has 0 saturated carbocycles. The van der Waals surface area contributed by atoms with Crippen LogP contribution in [0.2, 0.25) is 0 Å². The van der Waals surface area contributed by atoms with Gasteiger partial charge in [-0.3, -0.25) is 9.69 Å². The fourth-order valence-electron chi connectivity index (χ4n) is 3.04. The van der Waals surface area contributed by atoms with Gasteiger partial charge in [0, 0.05) is 18.2 Å². The molecular weight excluding hydrogens is 334 g/mol. The smallest absolute Gasteiger partial charge is 0.329 e. The Hall–Kier alpha value is -3.28. The van der Waals surface area contributed by atoms with Gasteiger partial charge in [-0.05, 0) is 35.4 Å². The molecule has 0 radical (unpaired) electrons. The van der Waals surface area contributed by atoms with Crippen LogP contribution in [0.15, 0.2) is 48.5 Å². The lowest BCUT2D eigenvalue weighted by atomic mass is 10.1. The number of amides is 1. The summed E-state index contributed by atoms with van der Waals surface area (Å²) >= 11 is 0. The van der Waals surface area contributed by atoms with Gasteiger partial charge in [-0.25, -0.2) is 4.79 Å². The van der Waals surface area contributed by atoms with Crippen molar-refractivity contribution in [1.82, 2.24) is 0 Å². The number of carbonyl (C=O) groups excluding carboxylic acids is 2. The fourth-order valence-corrected chi connectivity index (χ4v) is 3.04. The van der Waals surface area contributed by atoms with Crippen LogP contribution in [0.3, 0.4) is 0 Å². The van der Waals surface area contributed by atoms with Crippen molar-refractivity contribution in [2.75, 3.05) is 19.1 Å². The number of methoxy groups -OCH3 is 2. The Bertz CT molecular complexity index is 874. The molecule has 1 N–H and O–H groups in total. The zero-order valence-corrected chi connectivity index (χ0v) is 14.5. The highest BCUT2D eigenvalue weighted by atomic mass is 16.5. The van der Waals surface area contributed by atoms with Gasteiger partial charge >= 0.3 is 5.97 Å². The third-order valence-electron chi connectivity index (χ3n) is 4.31. The summed E-state index contributed by atoms with van der Waals surface area (Å²) in [4.78, 5) is 26.3. The van der Waals surface area contributed by atoms with Crippen LogP contribution in [0, 0.1) is 0 Å². The number of benzene rings is 2. The minimum absolute atomic E-state index is 0.0129. The molecule has 1 amide bonds. The first-order chi connectivity index (χ1) is 12.5. The Balaban J connectivity index is 1.87. The summed E-state index contributed by atoms with van der Waals surface area (Å²) in [5, 5.41) is 9.83. The molecule has 6 nitrogen and oxygen atoms in total. The van der Waals surface area contributed by atoms with E-state index in [0.29, 0.717) is 23.4 Å². The summed E-state index contributed by atoms with van der Waals surface area (Å²) in [6, 6.07) is 11.5. The Morgan fingerprint density at radius 1 is 1.19 bits per heavy atom. The standard InChI is InChI=1S/C20H19NO5/c1-25-18-9-7-13(11-17(18)22)8-10-19(23)21-15-6-4-3-5-14(15)12-16(21)20(24)26-2/h3-11,16,22H,12H2,1-2H3/b10-8+/t16-/m1/s1. The molecule has 3 rings (SSSR count). The first-order valence-electron chi connectivity index (χ1n) is 8.09. The number of ether oxygens (including phenoxy) is 2. The molecule has 134 valence electrons. The van der Waals surface area contributed by atoms with Gasteiger partial charge in [-0.1, -0.05) is 24.3 Å². The first kappa shape index (κ1) is 17.5. The molecular formula is C20H19NO5. The lowest BCUT2D eigenvalue weighted by Gasteiger charge is -2.22. The molecule has 0 fully saturated rings. The predicted octanol–water partition coefficient (Wildman–Crippen LogP) is 2.54. The van der Waals surface area contributed by atoms with Crippen molar-refractivity contribution in [3.05, 3.63) is 59.7 Å². The van der Waals surface area contributed by atoms with E-state index in [-0.39, 0.29) is 11.7 Å². The Morgan fingerprint density at radius 3 is 2.65 bits per heavy atom. The van der Waals surface area contributed by atoms with Gasteiger partial charge in [0.25, 0.3) is 5.91 Å². The summed E-state index contributed by atoms with van der Waals surface area (Å²) in [5.41, 5.74) is 2.26. The summed E-state index contributed by atoms with van der Waals surface area (Å²) in [6.45, 7) is 0. The number of rotatable bonds is 4. The van der Waals surface area contributed by atoms with Crippen molar-refractivity contribution in [2.45, 2.75) is 12.5 Å². The van der Waals surface area contributed by atoms with E-state index in [0.717, 1.165) is 5.56 Å². The molecule has 0 aliphatic carbocycles. The van der Waals surface area contributed by atoms with Crippen molar-refractivity contribution in [2.24, 2.45) is 0 Å². The van der Waals surface area contributed by atoms with E-state index in [1.165, 1.54) is 31.3 Å². The van der Waals surface area contributed by atoms with Gasteiger partial charge in [0.15, 0.2) is 11.5 Å². The average molecular weight is 353 g/mol. The van der Waals surface area contributed by atoms with Crippen LogP contribution in [0.5, 0.6) is 11.5 Å². The molecule has 26 heavy (non-hydrogen) atoms. The van der Waals surface area contributed by atoms with Gasteiger partial charge < -0.3 is 14.6 Å². The topological polar surface area (TPSA) is 76.1 Å². The molecule has 1 atom stereocenters. The number of carbonyl (C=O) groups is 2. The summed E-state index contributed by atoms with van der Waals surface area (Å²) in [5.74, 6) is -0.445. The zero-order chi connectivity index (χ0) is 18.7. The molecule has 2 aromatic rings. The first-order valence-corrected chi connectivity index (χ1v) is 8.09. The van der Waals surface area contributed by atoms with Crippen molar-refractivity contribution in [1.29, 1.82) is 0 Å². The number of anilines is 1. The molecule has 1 heterocycles. The summed E-state index contributed by atoms with van der Waals surface area (Å²) in [7, 11) is 2.77. The molecule has 6 heteroatoms. The minimum Gasteiger partial charge on any atom is -0.504 e. The number of nitrogens with zero attached hydrogens (tertiary/aromatic N) is 1. The number of fused-ring (bicyclic) bond motifs is 1. The molecule has 0 spiro atoms. The second-order valence-electron chi connectivity index (χ2n) is 5.84. The van der Waals surface area contributed by atoms with Gasteiger partial charge in [-0.15, -0.1) is 0 Å². The van der Waals surface area contributed by atoms with Gasteiger partial charge in [0.2, 0.25) is 0 Å². The third-order valence-corrected chi connectivity index (χ3v) is 4.31. The van der Waals surface area contributed by atoms with E-state index >= 15 is 0 Å². The van der Waals surface area contributed by atoms with Crippen LogP contribution in [-0.4, -0.2) is 37.2 Å². The maximum atomic E-state index is 12.8. The highest BCUT2D eigenvalue weighted by Crippen LogP contribution is 2.33.